The number of carbonyl (C=O) groups excluding carboxylic acids is 2. The average Bonchev–Trinajstić information content (AvgIpc) is 3.32. The minimum absolute atomic E-state index is 0.0262. The first-order valence-corrected chi connectivity index (χ1v) is 11.7. The van der Waals surface area contributed by atoms with Gasteiger partial charge in [-0.15, -0.1) is 0 Å². The molecule has 1 fully saturated rings. The van der Waals surface area contributed by atoms with Gasteiger partial charge in [0.1, 0.15) is 5.75 Å². The van der Waals surface area contributed by atoms with Crippen LogP contribution in [-0.2, 0) is 27.7 Å². The zero-order chi connectivity index (χ0) is 21.3. The molecule has 0 unspecified atom stereocenters. The molecule has 0 bridgehead atoms. The number of ketones is 1. The maximum absolute atomic E-state index is 12.5. The van der Waals surface area contributed by atoms with Crippen LogP contribution >= 0.6 is 0 Å². The van der Waals surface area contributed by atoms with E-state index in [2.05, 4.69) is 5.32 Å². The van der Waals surface area contributed by atoms with Gasteiger partial charge in [-0.3, -0.25) is 13.9 Å². The van der Waals surface area contributed by atoms with Gasteiger partial charge >= 0.3 is 0 Å². The van der Waals surface area contributed by atoms with Gasteiger partial charge in [-0.1, -0.05) is 12.1 Å². The quantitative estimate of drug-likeness (QED) is 0.544. The summed E-state index contributed by atoms with van der Waals surface area (Å²) >= 11 is 0. The lowest BCUT2D eigenvalue weighted by Crippen LogP contribution is -2.25. The molecule has 1 amide bonds. The number of Topliss-reactive ketones (excluding diaryl/α,β-unsaturated/α-hetero) is 1. The summed E-state index contributed by atoms with van der Waals surface area (Å²) in [5, 5.41) is 12.6. The van der Waals surface area contributed by atoms with E-state index in [-0.39, 0.29) is 35.8 Å². The Bertz CT molecular complexity index is 1110. The average molecular weight is 429 g/mol. The third-order valence-corrected chi connectivity index (χ3v) is 7.51. The van der Waals surface area contributed by atoms with Crippen molar-refractivity contribution in [2.75, 3.05) is 21.9 Å². The predicted octanol–water partition coefficient (Wildman–Crippen LogP) is 3.02. The molecule has 7 nitrogen and oxygen atoms in total. The second-order valence-electron chi connectivity index (χ2n) is 7.75. The molecule has 0 spiro atoms. The van der Waals surface area contributed by atoms with Gasteiger partial charge in [0.15, 0.2) is 5.78 Å². The van der Waals surface area contributed by atoms with Gasteiger partial charge in [0.2, 0.25) is 15.9 Å². The maximum Gasteiger partial charge on any atom is 0.235 e. The van der Waals surface area contributed by atoms with Crippen molar-refractivity contribution < 1.29 is 23.1 Å². The lowest BCUT2D eigenvalue weighted by molar-refractivity contribution is -0.116. The number of carbonyl (C=O) groups is 2. The van der Waals surface area contributed by atoms with Gasteiger partial charge in [0, 0.05) is 24.9 Å². The van der Waals surface area contributed by atoms with Crippen LogP contribution in [0.15, 0.2) is 36.4 Å². The van der Waals surface area contributed by atoms with Crippen LogP contribution in [0.5, 0.6) is 5.75 Å². The standard InChI is InChI=1S/C22H24N2O5S/c25-20(17-6-5-15-3-1-4-16(15)13-17)9-10-22(27)23-19-14-18(7-8-21(19)26)24-11-2-12-30(24,28)29/h5-8,13-14,26H,1-4,9-12H2,(H,23,27). The van der Waals surface area contributed by atoms with E-state index in [0.717, 1.165) is 19.3 Å². The minimum atomic E-state index is -3.36. The van der Waals surface area contributed by atoms with Gasteiger partial charge in [0.05, 0.1) is 17.1 Å². The summed E-state index contributed by atoms with van der Waals surface area (Å²) in [7, 11) is -3.36. The van der Waals surface area contributed by atoms with Gasteiger partial charge in [-0.25, -0.2) is 8.42 Å². The highest BCUT2D eigenvalue weighted by molar-refractivity contribution is 7.93. The smallest absolute Gasteiger partial charge is 0.235 e. The van der Waals surface area contributed by atoms with Crippen molar-refractivity contribution in [1.29, 1.82) is 0 Å². The zero-order valence-corrected chi connectivity index (χ0v) is 17.4. The Morgan fingerprint density at radius 3 is 2.57 bits per heavy atom. The number of aromatic hydroxyl groups is 1. The number of nitrogens with zero attached hydrogens (tertiary/aromatic N) is 1. The van der Waals surface area contributed by atoms with Crippen molar-refractivity contribution in [3.05, 3.63) is 53.1 Å². The Morgan fingerprint density at radius 2 is 1.80 bits per heavy atom. The molecule has 1 heterocycles. The summed E-state index contributed by atoms with van der Waals surface area (Å²) < 4.78 is 25.5. The molecule has 0 saturated carbocycles. The molecule has 0 radical (unpaired) electrons. The number of anilines is 2. The van der Waals surface area contributed by atoms with Gasteiger partial charge in [-0.05, 0) is 61.1 Å². The number of aryl methyl sites for hydroxylation is 2. The Labute approximate surface area is 175 Å². The molecule has 1 aliphatic heterocycles. The number of amides is 1. The molecule has 30 heavy (non-hydrogen) atoms. The Hall–Kier alpha value is -2.87. The third-order valence-electron chi connectivity index (χ3n) is 5.64. The second-order valence-corrected chi connectivity index (χ2v) is 9.76. The fourth-order valence-corrected chi connectivity index (χ4v) is 5.59. The molecule has 158 valence electrons. The molecule has 2 aromatic rings. The van der Waals surface area contributed by atoms with E-state index < -0.39 is 15.9 Å². The number of hydrogen-bond donors (Lipinski definition) is 2. The summed E-state index contributed by atoms with van der Waals surface area (Å²) in [5.41, 5.74) is 3.65. The molecule has 0 atom stereocenters. The van der Waals surface area contributed by atoms with E-state index in [9.17, 15) is 23.1 Å². The minimum Gasteiger partial charge on any atom is -0.506 e. The van der Waals surface area contributed by atoms with E-state index in [1.165, 1.54) is 33.6 Å². The number of sulfonamides is 1. The van der Waals surface area contributed by atoms with Gasteiger partial charge in [-0.2, -0.15) is 0 Å². The lowest BCUT2D eigenvalue weighted by Gasteiger charge is -2.18. The van der Waals surface area contributed by atoms with E-state index in [0.29, 0.717) is 24.2 Å². The Kier molecular flexibility index (Phi) is 5.51. The predicted molar refractivity (Wildman–Crippen MR) is 115 cm³/mol. The summed E-state index contributed by atoms with van der Waals surface area (Å²) in [6, 6.07) is 10.0. The van der Waals surface area contributed by atoms with Crippen LogP contribution in [0.3, 0.4) is 0 Å². The molecule has 2 aromatic carbocycles. The maximum atomic E-state index is 12.5. The van der Waals surface area contributed by atoms with Crippen molar-refractivity contribution in [2.45, 2.75) is 38.5 Å². The first kappa shape index (κ1) is 20.4. The zero-order valence-electron chi connectivity index (χ0n) is 16.6. The van der Waals surface area contributed by atoms with Crippen LogP contribution in [0.1, 0.15) is 47.2 Å². The van der Waals surface area contributed by atoms with E-state index in [1.807, 2.05) is 18.2 Å². The molecular weight excluding hydrogens is 404 g/mol. The van der Waals surface area contributed by atoms with E-state index >= 15 is 0 Å². The fraction of sp³-hybridized carbons (Fsp3) is 0.364. The van der Waals surface area contributed by atoms with Crippen molar-refractivity contribution >= 4 is 33.1 Å². The molecule has 1 saturated heterocycles. The topological polar surface area (TPSA) is 104 Å². The Balaban J connectivity index is 1.39. The molecule has 1 aliphatic carbocycles. The van der Waals surface area contributed by atoms with Crippen LogP contribution in [-0.4, -0.2) is 37.5 Å². The van der Waals surface area contributed by atoms with Crippen molar-refractivity contribution in [1.82, 2.24) is 0 Å². The lowest BCUT2D eigenvalue weighted by atomic mass is 10.0. The monoisotopic (exact) mass is 428 g/mol. The number of nitrogens with one attached hydrogen (secondary N) is 1. The molecule has 4 rings (SSSR count). The third kappa shape index (κ3) is 4.18. The molecule has 2 aliphatic rings. The first-order chi connectivity index (χ1) is 14.3. The number of benzene rings is 2. The Morgan fingerprint density at radius 1 is 1.00 bits per heavy atom. The normalized spacial score (nSPS) is 17.0. The number of phenolic OH excluding ortho intramolecular Hbond substituents is 1. The van der Waals surface area contributed by atoms with Gasteiger partial charge in [0.25, 0.3) is 0 Å². The highest BCUT2D eigenvalue weighted by Crippen LogP contribution is 2.32. The second kappa shape index (κ2) is 8.10. The molecule has 2 N–H and O–H groups in total. The molecule has 8 heteroatoms. The van der Waals surface area contributed by atoms with Crippen molar-refractivity contribution in [2.24, 2.45) is 0 Å². The van der Waals surface area contributed by atoms with Gasteiger partial charge < -0.3 is 10.4 Å². The summed E-state index contributed by atoms with van der Waals surface area (Å²) in [4.78, 5) is 24.8. The van der Waals surface area contributed by atoms with Crippen LogP contribution < -0.4 is 9.62 Å². The van der Waals surface area contributed by atoms with E-state index in [1.54, 1.807) is 0 Å². The summed E-state index contributed by atoms with van der Waals surface area (Å²) in [6.07, 6.45) is 3.71. The van der Waals surface area contributed by atoms with Crippen molar-refractivity contribution in [3.8, 4) is 5.75 Å². The summed E-state index contributed by atoms with van der Waals surface area (Å²) in [6.45, 7) is 0.371. The highest BCUT2D eigenvalue weighted by atomic mass is 32.2. The van der Waals surface area contributed by atoms with Crippen LogP contribution in [0.2, 0.25) is 0 Å². The molecule has 0 aromatic heterocycles. The fourth-order valence-electron chi connectivity index (χ4n) is 4.04. The highest BCUT2D eigenvalue weighted by Gasteiger charge is 2.29. The van der Waals surface area contributed by atoms with Crippen LogP contribution in [0.25, 0.3) is 0 Å². The first-order valence-electron chi connectivity index (χ1n) is 10.1. The number of fused-ring (bicyclic) bond motifs is 1. The number of rotatable bonds is 6. The largest absolute Gasteiger partial charge is 0.506 e. The molecular formula is C22H24N2O5S. The van der Waals surface area contributed by atoms with E-state index in [4.69, 9.17) is 0 Å². The van der Waals surface area contributed by atoms with Crippen LogP contribution in [0.4, 0.5) is 11.4 Å². The van der Waals surface area contributed by atoms with Crippen LogP contribution in [0, 0.1) is 0 Å². The number of phenols is 1. The SMILES string of the molecule is O=C(CCC(=O)c1ccc2c(c1)CCC2)Nc1cc(N2CCCS2(=O)=O)ccc1O. The van der Waals surface area contributed by atoms with Crippen molar-refractivity contribution in [3.63, 3.8) is 0 Å². The number of hydrogen-bond acceptors (Lipinski definition) is 5. The summed E-state index contributed by atoms with van der Waals surface area (Å²) in [5.74, 6) is -0.587.